The van der Waals surface area contributed by atoms with E-state index in [1.165, 1.54) is 18.4 Å². The number of thioether (sulfide) groups is 1. The molecule has 1 aromatic carbocycles. The third-order valence-electron chi connectivity index (χ3n) is 4.53. The van der Waals surface area contributed by atoms with Crippen LogP contribution in [0.2, 0.25) is 0 Å². The number of benzene rings is 1. The normalized spacial score (nSPS) is 22.8. The van der Waals surface area contributed by atoms with Gasteiger partial charge in [0.2, 0.25) is 0 Å². The Kier molecular flexibility index (Phi) is 7.10. The Balaban J connectivity index is 1.65. The lowest BCUT2D eigenvalue weighted by Crippen LogP contribution is -2.44. The van der Waals surface area contributed by atoms with Crippen molar-refractivity contribution in [1.29, 1.82) is 0 Å². The fraction of sp³-hybridized carbons (Fsp3) is 0.611. The number of rotatable bonds is 6. The molecule has 0 saturated heterocycles. The highest BCUT2D eigenvalue weighted by Gasteiger charge is 2.22. The van der Waals surface area contributed by atoms with E-state index in [0.717, 1.165) is 25.8 Å². The molecule has 0 aliphatic heterocycles. The van der Waals surface area contributed by atoms with Gasteiger partial charge in [-0.3, -0.25) is 0 Å². The van der Waals surface area contributed by atoms with E-state index in [-0.39, 0.29) is 6.03 Å². The van der Waals surface area contributed by atoms with Crippen molar-refractivity contribution < 1.29 is 4.79 Å². The van der Waals surface area contributed by atoms with Crippen molar-refractivity contribution >= 4 is 17.8 Å². The van der Waals surface area contributed by atoms with Gasteiger partial charge in [0, 0.05) is 17.8 Å². The third-order valence-corrected chi connectivity index (χ3v) is 5.62. The fourth-order valence-corrected chi connectivity index (χ4v) is 3.90. The molecule has 1 saturated carbocycles. The number of carbonyl (C=O) groups is 1. The van der Waals surface area contributed by atoms with Crippen LogP contribution in [0.25, 0.3) is 0 Å². The van der Waals surface area contributed by atoms with E-state index in [4.69, 9.17) is 0 Å². The smallest absolute Gasteiger partial charge is 0.315 e. The van der Waals surface area contributed by atoms with E-state index in [1.54, 1.807) is 0 Å². The first-order valence-corrected chi connectivity index (χ1v) is 9.60. The minimum absolute atomic E-state index is 0.00739. The average Bonchev–Trinajstić information content (AvgIpc) is 2.55. The summed E-state index contributed by atoms with van der Waals surface area (Å²) >= 11 is 1.92. The van der Waals surface area contributed by atoms with Gasteiger partial charge in [0.15, 0.2) is 0 Å². The number of nitrogens with one attached hydrogen (secondary N) is 2. The summed E-state index contributed by atoms with van der Waals surface area (Å²) in [6.45, 7) is 2.93. The lowest BCUT2D eigenvalue weighted by Gasteiger charge is -2.28. The van der Waals surface area contributed by atoms with E-state index in [1.807, 2.05) is 17.8 Å². The Bertz CT molecular complexity index is 452. The molecule has 1 aliphatic carbocycles. The SMILES string of the molecule is CSC1CCCC(NC(=O)NCCC(C)c2ccccc2)C1. The van der Waals surface area contributed by atoms with Gasteiger partial charge in [0.1, 0.15) is 0 Å². The zero-order chi connectivity index (χ0) is 15.8. The molecular formula is C18H28N2OS. The standard InChI is InChI=1S/C18H28N2OS/c1-14(15-7-4-3-5-8-15)11-12-19-18(21)20-16-9-6-10-17(13-16)22-2/h3-5,7-8,14,16-17H,6,9-13H2,1-2H3,(H2,19,20,21). The van der Waals surface area contributed by atoms with Crippen LogP contribution in [0, 0.1) is 0 Å². The average molecular weight is 321 g/mol. The van der Waals surface area contributed by atoms with Gasteiger partial charge in [0.05, 0.1) is 0 Å². The number of amides is 2. The van der Waals surface area contributed by atoms with Gasteiger partial charge < -0.3 is 10.6 Å². The minimum Gasteiger partial charge on any atom is -0.338 e. The second-order valence-electron chi connectivity index (χ2n) is 6.22. The Hall–Kier alpha value is -1.16. The minimum atomic E-state index is -0.00739. The number of hydrogen-bond acceptors (Lipinski definition) is 2. The largest absolute Gasteiger partial charge is 0.338 e. The highest BCUT2D eigenvalue weighted by Crippen LogP contribution is 2.26. The van der Waals surface area contributed by atoms with Gasteiger partial charge in [-0.15, -0.1) is 0 Å². The zero-order valence-corrected chi connectivity index (χ0v) is 14.5. The number of hydrogen-bond donors (Lipinski definition) is 2. The summed E-state index contributed by atoms with van der Waals surface area (Å²) in [6.07, 6.45) is 7.87. The Labute approximate surface area is 138 Å². The molecule has 3 atom stereocenters. The van der Waals surface area contributed by atoms with Crippen LogP contribution in [0.5, 0.6) is 0 Å². The van der Waals surface area contributed by atoms with Crippen LogP contribution in [0.15, 0.2) is 30.3 Å². The van der Waals surface area contributed by atoms with E-state index in [0.29, 0.717) is 17.2 Å². The maximum atomic E-state index is 12.0. The second-order valence-corrected chi connectivity index (χ2v) is 7.36. The van der Waals surface area contributed by atoms with Crippen molar-refractivity contribution in [3.05, 3.63) is 35.9 Å². The van der Waals surface area contributed by atoms with Crippen molar-refractivity contribution in [2.24, 2.45) is 0 Å². The van der Waals surface area contributed by atoms with Crippen LogP contribution >= 0.6 is 11.8 Å². The first-order valence-electron chi connectivity index (χ1n) is 8.31. The van der Waals surface area contributed by atoms with Crippen molar-refractivity contribution in [3.63, 3.8) is 0 Å². The molecule has 0 aromatic heterocycles. The van der Waals surface area contributed by atoms with Crippen LogP contribution in [0.3, 0.4) is 0 Å². The Morgan fingerprint density at radius 2 is 2.09 bits per heavy atom. The molecule has 0 bridgehead atoms. The summed E-state index contributed by atoms with van der Waals surface area (Å²) in [4.78, 5) is 12.0. The van der Waals surface area contributed by atoms with Gasteiger partial charge in [-0.2, -0.15) is 11.8 Å². The summed E-state index contributed by atoms with van der Waals surface area (Å²) in [7, 11) is 0. The maximum Gasteiger partial charge on any atom is 0.315 e. The third kappa shape index (κ3) is 5.56. The van der Waals surface area contributed by atoms with Gasteiger partial charge >= 0.3 is 6.03 Å². The summed E-state index contributed by atoms with van der Waals surface area (Å²) in [6, 6.07) is 10.8. The Morgan fingerprint density at radius 1 is 1.32 bits per heavy atom. The van der Waals surface area contributed by atoms with Crippen molar-refractivity contribution in [1.82, 2.24) is 10.6 Å². The summed E-state index contributed by atoms with van der Waals surface area (Å²) in [5, 5.41) is 6.85. The lowest BCUT2D eigenvalue weighted by atomic mass is 9.95. The molecule has 0 spiro atoms. The number of urea groups is 1. The molecule has 1 aliphatic rings. The van der Waals surface area contributed by atoms with Gasteiger partial charge in [-0.25, -0.2) is 4.79 Å². The molecule has 0 radical (unpaired) electrons. The van der Waals surface area contributed by atoms with Crippen LogP contribution < -0.4 is 10.6 Å². The molecule has 1 aromatic rings. The molecule has 3 unspecified atom stereocenters. The molecule has 2 rings (SSSR count). The van der Waals surface area contributed by atoms with E-state index in [9.17, 15) is 4.79 Å². The lowest BCUT2D eigenvalue weighted by molar-refractivity contribution is 0.232. The molecule has 2 N–H and O–H groups in total. The Morgan fingerprint density at radius 3 is 2.82 bits per heavy atom. The molecule has 1 fully saturated rings. The number of carbonyl (C=O) groups excluding carboxylic acids is 1. The van der Waals surface area contributed by atoms with E-state index in [2.05, 4.69) is 48.1 Å². The highest BCUT2D eigenvalue weighted by molar-refractivity contribution is 7.99. The molecule has 122 valence electrons. The summed E-state index contributed by atoms with van der Waals surface area (Å²) in [5.41, 5.74) is 1.33. The maximum absolute atomic E-state index is 12.0. The summed E-state index contributed by atoms with van der Waals surface area (Å²) in [5.74, 6) is 0.469. The monoisotopic (exact) mass is 320 g/mol. The topological polar surface area (TPSA) is 41.1 Å². The van der Waals surface area contributed by atoms with E-state index < -0.39 is 0 Å². The summed E-state index contributed by atoms with van der Waals surface area (Å²) < 4.78 is 0. The van der Waals surface area contributed by atoms with Gasteiger partial charge in [-0.1, -0.05) is 43.7 Å². The molecule has 0 heterocycles. The van der Waals surface area contributed by atoms with Crippen LogP contribution in [-0.2, 0) is 0 Å². The first-order chi connectivity index (χ1) is 10.7. The molecule has 3 nitrogen and oxygen atoms in total. The quantitative estimate of drug-likeness (QED) is 0.826. The fourth-order valence-electron chi connectivity index (χ4n) is 3.08. The zero-order valence-electron chi connectivity index (χ0n) is 13.7. The van der Waals surface area contributed by atoms with Crippen LogP contribution in [0.4, 0.5) is 4.79 Å². The van der Waals surface area contributed by atoms with E-state index >= 15 is 0 Å². The first kappa shape index (κ1) is 17.2. The van der Waals surface area contributed by atoms with Crippen molar-refractivity contribution in [2.45, 2.75) is 56.2 Å². The molecule has 2 amide bonds. The van der Waals surface area contributed by atoms with Crippen molar-refractivity contribution in [2.75, 3.05) is 12.8 Å². The molecule has 22 heavy (non-hydrogen) atoms. The van der Waals surface area contributed by atoms with Crippen molar-refractivity contribution in [3.8, 4) is 0 Å². The highest BCUT2D eigenvalue weighted by atomic mass is 32.2. The predicted octanol–water partition coefficient (Wildman–Crippen LogP) is 4.15. The van der Waals surface area contributed by atoms with Crippen LogP contribution in [-0.4, -0.2) is 30.1 Å². The molecular weight excluding hydrogens is 292 g/mol. The van der Waals surface area contributed by atoms with Gasteiger partial charge in [0.25, 0.3) is 0 Å². The van der Waals surface area contributed by atoms with Crippen LogP contribution in [0.1, 0.15) is 50.5 Å². The molecule has 4 heteroatoms. The van der Waals surface area contributed by atoms with Gasteiger partial charge in [-0.05, 0) is 43.4 Å². The second kappa shape index (κ2) is 9.09. The predicted molar refractivity (Wildman–Crippen MR) is 95.6 cm³/mol.